The molecular formula is C7H5NO4. The van der Waals surface area contributed by atoms with Crippen LogP contribution in [-0.4, -0.2) is 11.1 Å². The first-order valence-electron chi connectivity index (χ1n) is 3.23. The van der Waals surface area contributed by atoms with E-state index in [-0.39, 0.29) is 5.56 Å². The molecule has 0 radical (unpaired) electrons. The number of rotatable bonds is 1. The highest BCUT2D eigenvalue weighted by molar-refractivity contribution is 5.88. The van der Waals surface area contributed by atoms with Crippen molar-refractivity contribution in [2.24, 2.45) is 0 Å². The molecule has 0 bridgehead atoms. The molecule has 1 heterocycles. The number of fused-ring (bicyclic) bond motifs is 1. The highest BCUT2D eigenvalue weighted by Crippen LogP contribution is 2.30. The molecule has 0 saturated heterocycles. The Bertz CT molecular complexity index is 336. The van der Waals surface area contributed by atoms with E-state index in [0.29, 0.717) is 11.5 Å². The van der Waals surface area contributed by atoms with E-state index in [1.165, 1.54) is 18.2 Å². The second-order valence-electron chi connectivity index (χ2n) is 2.25. The van der Waals surface area contributed by atoms with Gasteiger partial charge in [-0.1, -0.05) is 0 Å². The zero-order valence-corrected chi connectivity index (χ0v) is 5.90. The van der Waals surface area contributed by atoms with Crippen LogP contribution in [0.25, 0.3) is 0 Å². The SMILES string of the molecule is O=C(O)c1ccc2c(c1)ONO2. The Labute approximate surface area is 67.4 Å². The van der Waals surface area contributed by atoms with Gasteiger partial charge in [-0.2, -0.15) is 0 Å². The van der Waals surface area contributed by atoms with Gasteiger partial charge in [-0.05, 0) is 12.1 Å². The molecule has 5 nitrogen and oxygen atoms in total. The van der Waals surface area contributed by atoms with Crippen molar-refractivity contribution >= 4 is 5.97 Å². The first-order chi connectivity index (χ1) is 5.77. The maximum atomic E-state index is 10.5. The van der Waals surface area contributed by atoms with Crippen molar-refractivity contribution in [1.82, 2.24) is 5.64 Å². The van der Waals surface area contributed by atoms with Crippen LogP contribution in [-0.2, 0) is 0 Å². The average molecular weight is 167 g/mol. The molecule has 1 aliphatic heterocycles. The Morgan fingerprint density at radius 1 is 1.33 bits per heavy atom. The summed E-state index contributed by atoms with van der Waals surface area (Å²) in [4.78, 5) is 20.0. The summed E-state index contributed by atoms with van der Waals surface area (Å²) in [6, 6.07) is 4.36. The predicted octanol–water partition coefficient (Wildman–Crippen LogP) is 0.576. The van der Waals surface area contributed by atoms with Gasteiger partial charge < -0.3 is 14.8 Å². The molecule has 1 aromatic rings. The second-order valence-corrected chi connectivity index (χ2v) is 2.25. The molecular weight excluding hydrogens is 162 g/mol. The summed E-state index contributed by atoms with van der Waals surface area (Å²) in [5, 5.41) is 8.60. The summed E-state index contributed by atoms with van der Waals surface area (Å²) in [6.45, 7) is 0. The number of aromatic carboxylic acids is 1. The number of carboxylic acid groups (broad SMARTS) is 1. The van der Waals surface area contributed by atoms with Gasteiger partial charge in [0.1, 0.15) is 0 Å². The zero-order valence-electron chi connectivity index (χ0n) is 5.90. The van der Waals surface area contributed by atoms with Gasteiger partial charge in [0, 0.05) is 11.7 Å². The molecule has 12 heavy (non-hydrogen) atoms. The van der Waals surface area contributed by atoms with Crippen molar-refractivity contribution in [3.05, 3.63) is 23.8 Å². The number of nitrogens with one attached hydrogen (secondary N) is 1. The van der Waals surface area contributed by atoms with Crippen molar-refractivity contribution in [2.75, 3.05) is 0 Å². The maximum absolute atomic E-state index is 10.5. The molecule has 62 valence electrons. The van der Waals surface area contributed by atoms with Crippen LogP contribution in [0, 0.1) is 0 Å². The minimum absolute atomic E-state index is 0.168. The number of benzene rings is 1. The molecule has 0 spiro atoms. The predicted molar refractivity (Wildman–Crippen MR) is 37.8 cm³/mol. The normalized spacial score (nSPS) is 13.0. The van der Waals surface area contributed by atoms with Crippen molar-refractivity contribution < 1.29 is 19.6 Å². The fourth-order valence-corrected chi connectivity index (χ4v) is 0.916. The van der Waals surface area contributed by atoms with E-state index >= 15 is 0 Å². The third kappa shape index (κ3) is 0.960. The third-order valence-electron chi connectivity index (χ3n) is 1.49. The standard InChI is InChI=1S/C7H5NO4/c9-7(10)4-1-2-5-6(3-4)12-8-11-5/h1-3,8H,(H,9,10). The van der Waals surface area contributed by atoms with Gasteiger partial charge >= 0.3 is 5.97 Å². The van der Waals surface area contributed by atoms with Crippen molar-refractivity contribution in [3.63, 3.8) is 0 Å². The van der Waals surface area contributed by atoms with Crippen molar-refractivity contribution in [3.8, 4) is 11.5 Å². The molecule has 1 aromatic carbocycles. The molecule has 5 heteroatoms. The highest BCUT2D eigenvalue weighted by Gasteiger charge is 2.15. The Kier molecular flexibility index (Phi) is 1.38. The smallest absolute Gasteiger partial charge is 0.335 e. The maximum Gasteiger partial charge on any atom is 0.335 e. The van der Waals surface area contributed by atoms with Crippen LogP contribution in [0.4, 0.5) is 0 Å². The summed E-state index contributed by atoms with van der Waals surface area (Å²) in [5.74, 6) is -0.122. The van der Waals surface area contributed by atoms with Crippen LogP contribution >= 0.6 is 0 Å². The minimum atomic E-state index is -0.992. The largest absolute Gasteiger partial charge is 0.478 e. The summed E-state index contributed by atoms with van der Waals surface area (Å²) >= 11 is 0. The van der Waals surface area contributed by atoms with Gasteiger partial charge in [0.15, 0.2) is 11.5 Å². The third-order valence-corrected chi connectivity index (χ3v) is 1.49. The van der Waals surface area contributed by atoms with Crippen LogP contribution in [0.5, 0.6) is 11.5 Å². The quantitative estimate of drug-likeness (QED) is 0.640. The van der Waals surface area contributed by atoms with Gasteiger partial charge in [-0.3, -0.25) is 0 Å². The lowest BCUT2D eigenvalue weighted by molar-refractivity contribution is 0.0259. The molecule has 0 aromatic heterocycles. The Morgan fingerprint density at radius 3 is 2.83 bits per heavy atom. The van der Waals surface area contributed by atoms with Gasteiger partial charge in [-0.25, -0.2) is 4.79 Å². The van der Waals surface area contributed by atoms with E-state index in [4.69, 9.17) is 14.8 Å². The monoisotopic (exact) mass is 167 g/mol. The van der Waals surface area contributed by atoms with Gasteiger partial charge in [0.05, 0.1) is 5.56 Å². The average Bonchev–Trinajstić information content (AvgIpc) is 2.49. The summed E-state index contributed by atoms with van der Waals surface area (Å²) < 4.78 is 0. The number of carboxylic acids is 1. The van der Waals surface area contributed by atoms with Gasteiger partial charge in [-0.15, -0.1) is 0 Å². The van der Waals surface area contributed by atoms with Crippen molar-refractivity contribution in [2.45, 2.75) is 0 Å². The molecule has 2 rings (SSSR count). The number of hydrogen-bond acceptors (Lipinski definition) is 4. The van der Waals surface area contributed by atoms with Crippen LogP contribution in [0.15, 0.2) is 18.2 Å². The lowest BCUT2D eigenvalue weighted by Gasteiger charge is -1.94. The fourth-order valence-electron chi connectivity index (χ4n) is 0.916. The molecule has 0 fully saturated rings. The van der Waals surface area contributed by atoms with Crippen LogP contribution < -0.4 is 15.3 Å². The summed E-state index contributed by atoms with van der Waals surface area (Å²) in [6.07, 6.45) is 0. The topological polar surface area (TPSA) is 67.8 Å². The Hall–Kier alpha value is -1.75. The fraction of sp³-hybridized carbons (Fsp3) is 0. The van der Waals surface area contributed by atoms with Crippen LogP contribution in [0.2, 0.25) is 0 Å². The molecule has 2 N–H and O–H groups in total. The van der Waals surface area contributed by atoms with E-state index in [1.54, 1.807) is 0 Å². The number of hydrogen-bond donors (Lipinski definition) is 2. The first kappa shape index (κ1) is 6.93. The second kappa shape index (κ2) is 2.38. The lowest BCUT2D eigenvalue weighted by Crippen LogP contribution is -2.14. The summed E-state index contributed by atoms with van der Waals surface area (Å²) in [7, 11) is 0. The molecule has 0 saturated carbocycles. The van der Waals surface area contributed by atoms with Crippen molar-refractivity contribution in [1.29, 1.82) is 0 Å². The lowest BCUT2D eigenvalue weighted by atomic mass is 10.2. The van der Waals surface area contributed by atoms with Crippen LogP contribution in [0.3, 0.4) is 0 Å². The van der Waals surface area contributed by atoms with Gasteiger partial charge in [0.2, 0.25) is 0 Å². The molecule has 0 atom stereocenters. The van der Waals surface area contributed by atoms with E-state index < -0.39 is 5.97 Å². The van der Waals surface area contributed by atoms with E-state index in [9.17, 15) is 4.79 Å². The highest BCUT2D eigenvalue weighted by atomic mass is 16.9. The zero-order chi connectivity index (χ0) is 8.55. The first-order valence-corrected chi connectivity index (χ1v) is 3.23. The Morgan fingerprint density at radius 2 is 2.08 bits per heavy atom. The van der Waals surface area contributed by atoms with Crippen LogP contribution in [0.1, 0.15) is 10.4 Å². The van der Waals surface area contributed by atoms with E-state index in [1.807, 2.05) is 0 Å². The number of carbonyl (C=O) groups is 1. The molecule has 0 amide bonds. The van der Waals surface area contributed by atoms with E-state index in [2.05, 4.69) is 5.64 Å². The van der Waals surface area contributed by atoms with E-state index in [0.717, 1.165) is 0 Å². The Balaban J connectivity index is 2.45. The summed E-state index contributed by atoms with van der Waals surface area (Å²) in [5.41, 5.74) is 2.33. The van der Waals surface area contributed by atoms with Gasteiger partial charge in [0.25, 0.3) is 0 Å². The minimum Gasteiger partial charge on any atom is -0.478 e. The molecule has 0 unspecified atom stereocenters. The molecule has 1 aliphatic rings. The molecule has 0 aliphatic carbocycles.